The van der Waals surface area contributed by atoms with Crippen LogP contribution >= 0.6 is 0 Å². The summed E-state index contributed by atoms with van der Waals surface area (Å²) in [7, 11) is 0. The topological polar surface area (TPSA) is 128 Å². The van der Waals surface area contributed by atoms with Crippen LogP contribution in [0.25, 0.3) is 0 Å². The molecular weight excluding hydrogens is 352 g/mol. The maximum atomic E-state index is 11.9. The fraction of sp³-hybridized carbons (Fsp3) is 0.211. The largest absolute Gasteiger partial charge is 0.548 e. The molecule has 0 heterocycles. The number of hydrogen-bond donors (Lipinski definition) is 3. The van der Waals surface area contributed by atoms with E-state index in [1.54, 1.807) is 24.3 Å². The molecule has 2 rings (SSSR count). The van der Waals surface area contributed by atoms with Gasteiger partial charge in [0.25, 0.3) is 0 Å². The van der Waals surface area contributed by atoms with Crippen molar-refractivity contribution in [2.45, 2.75) is 19.1 Å². The number of rotatable bonds is 8. The van der Waals surface area contributed by atoms with Gasteiger partial charge in [0.2, 0.25) is 5.91 Å². The summed E-state index contributed by atoms with van der Waals surface area (Å²) in [5.74, 6) is -2.10. The number of hydrogen-bond acceptors (Lipinski definition) is 6. The van der Waals surface area contributed by atoms with Crippen LogP contribution in [0.1, 0.15) is 11.1 Å². The van der Waals surface area contributed by atoms with E-state index in [1.807, 2.05) is 6.07 Å². The van der Waals surface area contributed by atoms with E-state index in [-0.39, 0.29) is 18.8 Å². The van der Waals surface area contributed by atoms with Crippen LogP contribution in [-0.2, 0) is 27.4 Å². The molecule has 0 aromatic heterocycles. The number of carboxylic acid groups (broad SMARTS) is 1. The lowest BCUT2D eigenvalue weighted by atomic mass is 10.1. The van der Waals surface area contributed by atoms with E-state index in [2.05, 4.69) is 10.6 Å². The Labute approximate surface area is 155 Å². The number of carboxylic acids is 1. The smallest absolute Gasteiger partial charge is 0.407 e. The lowest BCUT2D eigenvalue weighted by molar-refractivity contribution is -0.308. The predicted octanol–water partition coefficient (Wildman–Crippen LogP) is 0.0958. The quantitative estimate of drug-likeness (QED) is 0.604. The van der Waals surface area contributed by atoms with Crippen LogP contribution in [0.3, 0.4) is 0 Å². The summed E-state index contributed by atoms with van der Waals surface area (Å²) >= 11 is 0. The molecular formula is C19H19N2O6-. The van der Waals surface area contributed by atoms with Crippen molar-refractivity contribution in [3.63, 3.8) is 0 Å². The van der Waals surface area contributed by atoms with Gasteiger partial charge in [0.1, 0.15) is 18.9 Å². The van der Waals surface area contributed by atoms with Crippen LogP contribution in [0.5, 0.6) is 5.75 Å². The zero-order valence-corrected chi connectivity index (χ0v) is 14.4. The van der Waals surface area contributed by atoms with E-state index in [0.717, 1.165) is 5.56 Å². The van der Waals surface area contributed by atoms with Gasteiger partial charge in [-0.15, -0.1) is 0 Å². The van der Waals surface area contributed by atoms with Crippen LogP contribution < -0.4 is 15.7 Å². The minimum Gasteiger partial charge on any atom is -0.548 e. The van der Waals surface area contributed by atoms with Gasteiger partial charge in [-0.1, -0.05) is 42.5 Å². The molecule has 0 saturated heterocycles. The van der Waals surface area contributed by atoms with Gasteiger partial charge >= 0.3 is 6.09 Å². The maximum Gasteiger partial charge on any atom is 0.407 e. The number of amides is 2. The van der Waals surface area contributed by atoms with Crippen LogP contribution in [0.2, 0.25) is 0 Å². The number of phenolic OH excluding ortho intramolecular Hbond substituents is 1. The van der Waals surface area contributed by atoms with Gasteiger partial charge in [-0.05, 0) is 29.7 Å². The van der Waals surface area contributed by atoms with E-state index in [4.69, 9.17) is 4.74 Å². The Morgan fingerprint density at radius 2 is 1.67 bits per heavy atom. The molecule has 3 N–H and O–H groups in total. The zero-order chi connectivity index (χ0) is 19.6. The van der Waals surface area contributed by atoms with Crippen LogP contribution in [0.15, 0.2) is 54.6 Å². The molecule has 0 fully saturated rings. The second kappa shape index (κ2) is 9.81. The average molecular weight is 371 g/mol. The second-order valence-corrected chi connectivity index (χ2v) is 5.72. The van der Waals surface area contributed by atoms with E-state index in [9.17, 15) is 24.6 Å². The van der Waals surface area contributed by atoms with Crippen molar-refractivity contribution in [3.8, 4) is 5.75 Å². The Balaban J connectivity index is 1.77. The van der Waals surface area contributed by atoms with Gasteiger partial charge in [0.05, 0.1) is 12.0 Å². The Kier molecular flexibility index (Phi) is 7.18. The molecule has 142 valence electrons. The van der Waals surface area contributed by atoms with Crippen molar-refractivity contribution in [1.29, 1.82) is 0 Å². The predicted molar refractivity (Wildman–Crippen MR) is 93.4 cm³/mol. The number of phenols is 1. The molecule has 8 nitrogen and oxygen atoms in total. The molecule has 0 unspecified atom stereocenters. The van der Waals surface area contributed by atoms with Crippen LogP contribution in [-0.4, -0.2) is 35.7 Å². The first kappa shape index (κ1) is 19.8. The summed E-state index contributed by atoms with van der Waals surface area (Å²) in [4.78, 5) is 34.7. The molecule has 0 spiro atoms. The van der Waals surface area contributed by atoms with Crippen molar-refractivity contribution < 1.29 is 29.3 Å². The zero-order valence-electron chi connectivity index (χ0n) is 14.4. The number of carbonyl (C=O) groups is 3. The van der Waals surface area contributed by atoms with E-state index < -0.39 is 30.6 Å². The number of alkyl carbamates (subject to hydrolysis) is 1. The summed E-state index contributed by atoms with van der Waals surface area (Å²) in [5.41, 5.74) is 1.39. The molecule has 8 heteroatoms. The molecule has 2 aromatic rings. The van der Waals surface area contributed by atoms with E-state index >= 15 is 0 Å². The normalized spacial score (nSPS) is 11.3. The van der Waals surface area contributed by atoms with E-state index in [0.29, 0.717) is 5.56 Å². The third-order valence-electron chi connectivity index (χ3n) is 3.60. The number of aliphatic carboxylic acids is 1. The Hall–Kier alpha value is -3.55. The molecule has 0 radical (unpaired) electrons. The van der Waals surface area contributed by atoms with Crippen LogP contribution in [0.4, 0.5) is 4.79 Å². The Bertz CT molecular complexity index is 777. The number of benzene rings is 2. The molecule has 0 aliphatic rings. The van der Waals surface area contributed by atoms with Gasteiger partial charge in [-0.3, -0.25) is 4.79 Å². The van der Waals surface area contributed by atoms with Gasteiger partial charge in [0.15, 0.2) is 0 Å². The molecule has 0 saturated carbocycles. The van der Waals surface area contributed by atoms with Crippen molar-refractivity contribution in [1.82, 2.24) is 10.6 Å². The SMILES string of the molecule is O=C(CNC(=O)OCc1ccccc1)N[C@@H](Cc1ccc(O)cc1)C(=O)[O-]. The number of carbonyl (C=O) groups excluding carboxylic acids is 3. The highest BCUT2D eigenvalue weighted by Gasteiger charge is 2.15. The Morgan fingerprint density at radius 1 is 1.00 bits per heavy atom. The monoisotopic (exact) mass is 371 g/mol. The minimum absolute atomic E-state index is 0.0210. The fourth-order valence-corrected chi connectivity index (χ4v) is 2.23. The summed E-state index contributed by atoms with van der Waals surface area (Å²) in [6.45, 7) is -0.385. The maximum absolute atomic E-state index is 11.9. The summed E-state index contributed by atoms with van der Waals surface area (Å²) in [6.07, 6.45) is -0.815. The highest BCUT2D eigenvalue weighted by atomic mass is 16.5. The Morgan fingerprint density at radius 3 is 2.30 bits per heavy atom. The summed E-state index contributed by atoms with van der Waals surface area (Å²) in [5, 5.41) is 25.0. The summed E-state index contributed by atoms with van der Waals surface area (Å²) < 4.78 is 4.96. The lowest BCUT2D eigenvalue weighted by Gasteiger charge is -2.20. The molecule has 0 aliphatic heterocycles. The fourth-order valence-electron chi connectivity index (χ4n) is 2.23. The molecule has 1 atom stereocenters. The first-order chi connectivity index (χ1) is 12.9. The van der Waals surface area contributed by atoms with Crippen molar-refractivity contribution in [2.75, 3.05) is 6.54 Å². The third-order valence-corrected chi connectivity index (χ3v) is 3.60. The first-order valence-electron chi connectivity index (χ1n) is 8.16. The van der Waals surface area contributed by atoms with Crippen molar-refractivity contribution in [3.05, 3.63) is 65.7 Å². The minimum atomic E-state index is -1.46. The van der Waals surface area contributed by atoms with Gasteiger partial charge in [-0.2, -0.15) is 0 Å². The van der Waals surface area contributed by atoms with Gasteiger partial charge < -0.3 is 30.4 Å². The van der Waals surface area contributed by atoms with Crippen LogP contribution in [0, 0.1) is 0 Å². The molecule has 27 heavy (non-hydrogen) atoms. The number of ether oxygens (including phenoxy) is 1. The van der Waals surface area contributed by atoms with Gasteiger partial charge in [0, 0.05) is 0 Å². The molecule has 2 aromatic carbocycles. The van der Waals surface area contributed by atoms with E-state index in [1.165, 1.54) is 24.3 Å². The van der Waals surface area contributed by atoms with Crippen molar-refractivity contribution >= 4 is 18.0 Å². The second-order valence-electron chi connectivity index (χ2n) is 5.72. The number of aromatic hydroxyl groups is 1. The van der Waals surface area contributed by atoms with Gasteiger partial charge in [-0.25, -0.2) is 4.79 Å². The first-order valence-corrected chi connectivity index (χ1v) is 8.16. The summed E-state index contributed by atoms with van der Waals surface area (Å²) in [6, 6.07) is 13.6. The molecule has 2 amide bonds. The molecule has 0 aliphatic carbocycles. The third kappa shape index (κ3) is 7.07. The number of nitrogens with one attached hydrogen (secondary N) is 2. The highest BCUT2D eigenvalue weighted by molar-refractivity contribution is 5.86. The highest BCUT2D eigenvalue weighted by Crippen LogP contribution is 2.11. The lowest BCUT2D eigenvalue weighted by Crippen LogP contribution is -2.51. The van der Waals surface area contributed by atoms with Crippen molar-refractivity contribution in [2.24, 2.45) is 0 Å². The standard InChI is InChI=1S/C19H20N2O6/c22-15-8-6-13(7-9-15)10-16(18(24)25)21-17(23)11-20-19(26)27-12-14-4-2-1-3-5-14/h1-9,16,22H,10-12H2,(H,20,26)(H,21,23)(H,24,25)/p-1/t16-/m0/s1. The molecule has 0 bridgehead atoms. The average Bonchev–Trinajstić information content (AvgIpc) is 2.66.